The maximum atomic E-state index is 14.2. The van der Waals surface area contributed by atoms with Gasteiger partial charge in [0.15, 0.2) is 5.82 Å². The minimum Gasteiger partial charge on any atom is -0.398 e. The van der Waals surface area contributed by atoms with Crippen molar-refractivity contribution < 1.29 is 4.39 Å². The number of pyridine rings is 2. The molecule has 0 aliphatic heterocycles. The van der Waals surface area contributed by atoms with Gasteiger partial charge in [-0.3, -0.25) is 9.97 Å². The first-order valence-corrected chi connectivity index (χ1v) is 6.64. The molecular weight excluding hydrogens is 267 g/mol. The highest BCUT2D eigenvalue weighted by Gasteiger charge is 2.11. The molecule has 0 fully saturated rings. The second kappa shape index (κ2) is 5.36. The first-order chi connectivity index (χ1) is 10.1. The van der Waals surface area contributed by atoms with Crippen LogP contribution in [0.2, 0.25) is 0 Å². The summed E-state index contributed by atoms with van der Waals surface area (Å²) in [5, 5.41) is 3.81. The molecule has 1 aromatic carbocycles. The molecule has 0 saturated heterocycles. The second-order valence-electron chi connectivity index (χ2n) is 4.85. The molecule has 2 heterocycles. The largest absolute Gasteiger partial charge is 0.398 e. The first-order valence-electron chi connectivity index (χ1n) is 6.64. The van der Waals surface area contributed by atoms with Gasteiger partial charge in [0.05, 0.1) is 23.4 Å². The Morgan fingerprint density at radius 3 is 2.90 bits per heavy atom. The number of benzene rings is 1. The molecule has 21 heavy (non-hydrogen) atoms. The fourth-order valence-electron chi connectivity index (χ4n) is 2.28. The van der Waals surface area contributed by atoms with Crippen molar-refractivity contribution in [1.29, 1.82) is 0 Å². The highest BCUT2D eigenvalue weighted by molar-refractivity contribution is 5.98. The molecule has 0 unspecified atom stereocenters. The van der Waals surface area contributed by atoms with Gasteiger partial charge in [-0.2, -0.15) is 0 Å². The van der Waals surface area contributed by atoms with E-state index in [0.717, 1.165) is 16.8 Å². The Kier molecular flexibility index (Phi) is 3.39. The Morgan fingerprint density at radius 2 is 2.10 bits per heavy atom. The van der Waals surface area contributed by atoms with E-state index in [4.69, 9.17) is 5.73 Å². The monoisotopic (exact) mass is 282 g/mol. The van der Waals surface area contributed by atoms with Crippen LogP contribution in [0.3, 0.4) is 0 Å². The van der Waals surface area contributed by atoms with E-state index in [9.17, 15) is 4.39 Å². The third-order valence-corrected chi connectivity index (χ3v) is 3.27. The summed E-state index contributed by atoms with van der Waals surface area (Å²) in [6.07, 6.45) is 1.62. The summed E-state index contributed by atoms with van der Waals surface area (Å²) in [5.41, 5.74) is 8.87. The Balaban J connectivity index is 1.97. The number of nitrogen functional groups attached to an aromatic ring is 1. The van der Waals surface area contributed by atoms with Gasteiger partial charge in [-0.1, -0.05) is 6.07 Å². The van der Waals surface area contributed by atoms with Crippen LogP contribution >= 0.6 is 0 Å². The van der Waals surface area contributed by atoms with Gasteiger partial charge in [-0.15, -0.1) is 0 Å². The lowest BCUT2D eigenvalue weighted by molar-refractivity contribution is 0.632. The molecule has 0 amide bonds. The van der Waals surface area contributed by atoms with Crippen molar-refractivity contribution in [2.24, 2.45) is 0 Å². The van der Waals surface area contributed by atoms with Gasteiger partial charge < -0.3 is 11.1 Å². The van der Waals surface area contributed by atoms with E-state index in [1.807, 2.05) is 31.2 Å². The van der Waals surface area contributed by atoms with Crippen LogP contribution in [0.15, 0.2) is 42.6 Å². The first kappa shape index (κ1) is 13.3. The fourth-order valence-corrected chi connectivity index (χ4v) is 2.28. The topological polar surface area (TPSA) is 63.8 Å². The van der Waals surface area contributed by atoms with E-state index >= 15 is 0 Å². The van der Waals surface area contributed by atoms with Crippen molar-refractivity contribution in [3.63, 3.8) is 0 Å². The molecule has 3 aromatic rings. The van der Waals surface area contributed by atoms with E-state index in [1.165, 1.54) is 6.07 Å². The maximum absolute atomic E-state index is 14.2. The summed E-state index contributed by atoms with van der Waals surface area (Å²) in [6, 6.07) is 10.7. The van der Waals surface area contributed by atoms with Crippen LogP contribution in [0.25, 0.3) is 10.9 Å². The standard InChI is InChI=1S/C16H15FN4/c1-10-4-2-5-11(21-10)9-20-16-13(17)8-14(18)12-6-3-7-19-15(12)16/h2-8,20H,9,18H2,1H3. The lowest BCUT2D eigenvalue weighted by Gasteiger charge is -2.12. The molecule has 0 bridgehead atoms. The van der Waals surface area contributed by atoms with Crippen LogP contribution in [-0.2, 0) is 6.54 Å². The number of aryl methyl sites for hydroxylation is 1. The van der Waals surface area contributed by atoms with Crippen LogP contribution < -0.4 is 11.1 Å². The summed E-state index contributed by atoms with van der Waals surface area (Å²) >= 11 is 0. The fraction of sp³-hybridized carbons (Fsp3) is 0.125. The number of nitrogens with two attached hydrogens (primary N) is 1. The van der Waals surface area contributed by atoms with E-state index in [0.29, 0.717) is 23.4 Å². The molecule has 5 heteroatoms. The van der Waals surface area contributed by atoms with Crippen molar-refractivity contribution in [1.82, 2.24) is 9.97 Å². The lowest BCUT2D eigenvalue weighted by atomic mass is 10.1. The summed E-state index contributed by atoms with van der Waals surface area (Å²) in [6.45, 7) is 2.35. The molecule has 2 aromatic heterocycles. The van der Waals surface area contributed by atoms with E-state index < -0.39 is 5.82 Å². The van der Waals surface area contributed by atoms with Gasteiger partial charge in [0.25, 0.3) is 0 Å². The van der Waals surface area contributed by atoms with Crippen molar-refractivity contribution in [2.45, 2.75) is 13.5 Å². The van der Waals surface area contributed by atoms with Gasteiger partial charge in [0, 0.05) is 23.0 Å². The van der Waals surface area contributed by atoms with Crippen LogP contribution in [0.1, 0.15) is 11.4 Å². The zero-order valence-electron chi connectivity index (χ0n) is 11.6. The lowest BCUT2D eigenvalue weighted by Crippen LogP contribution is -2.06. The van der Waals surface area contributed by atoms with Crippen molar-refractivity contribution in [2.75, 3.05) is 11.1 Å². The molecule has 3 rings (SSSR count). The van der Waals surface area contributed by atoms with Crippen molar-refractivity contribution in [3.8, 4) is 0 Å². The Bertz CT molecular complexity index is 801. The minimum absolute atomic E-state index is 0.350. The van der Waals surface area contributed by atoms with Crippen LogP contribution in [0, 0.1) is 12.7 Å². The summed E-state index contributed by atoms with van der Waals surface area (Å²) < 4.78 is 14.2. The molecule has 0 aliphatic carbocycles. The predicted octanol–water partition coefficient (Wildman–Crippen LogP) is 3.27. The molecular formula is C16H15FN4. The van der Waals surface area contributed by atoms with Gasteiger partial charge in [0.2, 0.25) is 0 Å². The SMILES string of the molecule is Cc1cccc(CNc2c(F)cc(N)c3cccnc23)n1. The number of hydrogen-bond acceptors (Lipinski definition) is 4. The Hall–Kier alpha value is -2.69. The zero-order valence-corrected chi connectivity index (χ0v) is 11.6. The maximum Gasteiger partial charge on any atom is 0.150 e. The third-order valence-electron chi connectivity index (χ3n) is 3.27. The van der Waals surface area contributed by atoms with E-state index in [2.05, 4.69) is 15.3 Å². The minimum atomic E-state index is -0.411. The van der Waals surface area contributed by atoms with Crippen LogP contribution in [0.4, 0.5) is 15.8 Å². The third kappa shape index (κ3) is 2.63. The zero-order chi connectivity index (χ0) is 14.8. The van der Waals surface area contributed by atoms with Crippen LogP contribution in [0.5, 0.6) is 0 Å². The number of rotatable bonds is 3. The Labute approximate surface area is 121 Å². The number of nitrogens with one attached hydrogen (secondary N) is 1. The van der Waals surface area contributed by atoms with Crippen molar-refractivity contribution >= 4 is 22.3 Å². The molecule has 0 radical (unpaired) electrons. The molecule has 0 saturated carbocycles. The van der Waals surface area contributed by atoms with Gasteiger partial charge in [0.1, 0.15) is 0 Å². The average Bonchev–Trinajstić information content (AvgIpc) is 2.47. The molecule has 3 N–H and O–H groups in total. The molecule has 106 valence electrons. The van der Waals surface area contributed by atoms with E-state index in [-0.39, 0.29) is 0 Å². The van der Waals surface area contributed by atoms with Gasteiger partial charge in [-0.05, 0) is 37.3 Å². The summed E-state index contributed by atoms with van der Waals surface area (Å²) in [5.74, 6) is -0.411. The normalized spacial score (nSPS) is 10.8. The number of fused-ring (bicyclic) bond motifs is 1. The number of halogens is 1. The Morgan fingerprint density at radius 1 is 1.24 bits per heavy atom. The highest BCUT2D eigenvalue weighted by atomic mass is 19.1. The number of anilines is 2. The highest BCUT2D eigenvalue weighted by Crippen LogP contribution is 2.29. The molecule has 0 atom stereocenters. The molecule has 0 spiro atoms. The molecule has 4 nitrogen and oxygen atoms in total. The number of nitrogens with zero attached hydrogens (tertiary/aromatic N) is 2. The smallest absolute Gasteiger partial charge is 0.150 e. The second-order valence-corrected chi connectivity index (χ2v) is 4.85. The average molecular weight is 282 g/mol. The van der Waals surface area contributed by atoms with Gasteiger partial charge >= 0.3 is 0 Å². The summed E-state index contributed by atoms with van der Waals surface area (Å²) in [7, 11) is 0. The van der Waals surface area contributed by atoms with Gasteiger partial charge in [-0.25, -0.2) is 4.39 Å². The van der Waals surface area contributed by atoms with E-state index in [1.54, 1.807) is 12.3 Å². The number of aromatic nitrogens is 2. The quantitative estimate of drug-likeness (QED) is 0.724. The number of hydrogen-bond donors (Lipinski definition) is 2. The summed E-state index contributed by atoms with van der Waals surface area (Å²) in [4.78, 5) is 8.62. The predicted molar refractivity (Wildman–Crippen MR) is 82.4 cm³/mol. The van der Waals surface area contributed by atoms with Crippen molar-refractivity contribution in [3.05, 3.63) is 59.8 Å². The molecule has 0 aliphatic rings. The van der Waals surface area contributed by atoms with Crippen LogP contribution in [-0.4, -0.2) is 9.97 Å².